The molecule has 1 aromatic carbocycles. The first-order valence-corrected chi connectivity index (χ1v) is 6.49. The van der Waals surface area contributed by atoms with Gasteiger partial charge in [-0.2, -0.15) is 18.2 Å². The van der Waals surface area contributed by atoms with E-state index in [4.69, 9.17) is 0 Å². The molecule has 0 bridgehead atoms. The number of halogens is 3. The lowest BCUT2D eigenvalue weighted by Gasteiger charge is -2.18. The Morgan fingerprint density at radius 1 is 1.14 bits per heavy atom. The molecule has 2 rings (SSSR count). The van der Waals surface area contributed by atoms with Crippen molar-refractivity contribution in [3.8, 4) is 0 Å². The van der Waals surface area contributed by atoms with Gasteiger partial charge in [0.05, 0.1) is 0 Å². The van der Waals surface area contributed by atoms with Crippen molar-refractivity contribution in [2.45, 2.75) is 32.4 Å². The highest BCUT2D eigenvalue weighted by Gasteiger charge is 2.35. The maximum absolute atomic E-state index is 12.4. The SMILES string of the molecule is CC(C)(C)c1ccc(C(=O)Nc2n[nH]c(C(F)(F)F)n2)cc1. The van der Waals surface area contributed by atoms with Gasteiger partial charge in [0.15, 0.2) is 0 Å². The molecule has 0 aliphatic heterocycles. The van der Waals surface area contributed by atoms with Crippen LogP contribution in [-0.2, 0) is 11.6 Å². The lowest BCUT2D eigenvalue weighted by atomic mass is 9.87. The van der Waals surface area contributed by atoms with Gasteiger partial charge in [-0.1, -0.05) is 32.9 Å². The number of anilines is 1. The molecule has 5 nitrogen and oxygen atoms in total. The van der Waals surface area contributed by atoms with Gasteiger partial charge in [0.25, 0.3) is 5.91 Å². The molecule has 2 aromatic rings. The second kappa shape index (κ2) is 5.43. The Hall–Kier alpha value is -2.38. The predicted octanol–water partition coefficient (Wildman–Crippen LogP) is 3.37. The monoisotopic (exact) mass is 312 g/mol. The molecule has 1 amide bonds. The first-order valence-electron chi connectivity index (χ1n) is 6.49. The van der Waals surface area contributed by atoms with E-state index in [1.165, 1.54) is 0 Å². The lowest BCUT2D eigenvalue weighted by molar-refractivity contribution is -0.144. The summed E-state index contributed by atoms with van der Waals surface area (Å²) in [7, 11) is 0. The second-order valence-electron chi connectivity index (χ2n) is 5.79. The Bertz CT molecular complexity index is 669. The number of carbonyl (C=O) groups excluding carboxylic acids is 1. The van der Waals surface area contributed by atoms with Crippen LogP contribution in [0.25, 0.3) is 0 Å². The smallest absolute Gasteiger partial charge is 0.289 e. The number of hydrogen-bond acceptors (Lipinski definition) is 3. The molecule has 0 fully saturated rings. The minimum Gasteiger partial charge on any atom is -0.289 e. The highest BCUT2D eigenvalue weighted by atomic mass is 19.4. The van der Waals surface area contributed by atoms with Gasteiger partial charge in [-0.15, -0.1) is 5.10 Å². The third-order valence-corrected chi connectivity index (χ3v) is 2.99. The molecule has 0 unspecified atom stereocenters. The average Bonchev–Trinajstić information content (AvgIpc) is 2.86. The van der Waals surface area contributed by atoms with Gasteiger partial charge in [-0.25, -0.2) is 0 Å². The molecule has 0 saturated heterocycles. The van der Waals surface area contributed by atoms with E-state index in [1.54, 1.807) is 29.4 Å². The molecular weight excluding hydrogens is 297 g/mol. The molecule has 22 heavy (non-hydrogen) atoms. The summed E-state index contributed by atoms with van der Waals surface area (Å²) in [5.41, 5.74) is 1.30. The zero-order valence-electron chi connectivity index (χ0n) is 12.2. The molecule has 0 aliphatic rings. The van der Waals surface area contributed by atoms with Gasteiger partial charge < -0.3 is 0 Å². The van der Waals surface area contributed by atoms with Gasteiger partial charge in [-0.3, -0.25) is 15.2 Å². The van der Waals surface area contributed by atoms with Gasteiger partial charge >= 0.3 is 6.18 Å². The van der Waals surface area contributed by atoms with Crippen molar-refractivity contribution in [1.82, 2.24) is 15.2 Å². The molecule has 1 aromatic heterocycles. The molecule has 0 aliphatic carbocycles. The van der Waals surface area contributed by atoms with Crippen LogP contribution < -0.4 is 5.32 Å². The van der Waals surface area contributed by atoms with Crippen LogP contribution in [0.15, 0.2) is 24.3 Å². The zero-order valence-corrected chi connectivity index (χ0v) is 12.2. The summed E-state index contributed by atoms with van der Waals surface area (Å²) in [4.78, 5) is 15.1. The Morgan fingerprint density at radius 3 is 2.18 bits per heavy atom. The fraction of sp³-hybridized carbons (Fsp3) is 0.357. The van der Waals surface area contributed by atoms with Crippen LogP contribution in [0.2, 0.25) is 0 Å². The number of alkyl halides is 3. The van der Waals surface area contributed by atoms with Crippen molar-refractivity contribution < 1.29 is 18.0 Å². The van der Waals surface area contributed by atoms with Crippen LogP contribution in [0, 0.1) is 0 Å². The summed E-state index contributed by atoms with van der Waals surface area (Å²) in [5, 5.41) is 7.26. The summed E-state index contributed by atoms with van der Waals surface area (Å²) < 4.78 is 37.1. The minimum atomic E-state index is -4.63. The Morgan fingerprint density at radius 2 is 1.73 bits per heavy atom. The molecular formula is C14H15F3N4O. The van der Waals surface area contributed by atoms with E-state index in [1.807, 2.05) is 20.8 Å². The highest BCUT2D eigenvalue weighted by molar-refractivity contribution is 6.03. The summed E-state index contributed by atoms with van der Waals surface area (Å²) in [6, 6.07) is 6.81. The lowest BCUT2D eigenvalue weighted by Crippen LogP contribution is -2.15. The number of H-pyrrole nitrogens is 1. The molecule has 0 radical (unpaired) electrons. The van der Waals surface area contributed by atoms with Crippen LogP contribution in [0.5, 0.6) is 0 Å². The topological polar surface area (TPSA) is 70.7 Å². The Labute approximate surface area is 125 Å². The maximum Gasteiger partial charge on any atom is 0.451 e. The van der Waals surface area contributed by atoms with E-state index < -0.39 is 23.9 Å². The van der Waals surface area contributed by atoms with Crippen LogP contribution in [-0.4, -0.2) is 21.1 Å². The molecule has 0 spiro atoms. The number of aromatic nitrogens is 3. The summed E-state index contributed by atoms with van der Waals surface area (Å²) in [6.07, 6.45) is -4.63. The van der Waals surface area contributed by atoms with Crippen molar-refractivity contribution in [3.05, 3.63) is 41.2 Å². The number of amides is 1. The van der Waals surface area contributed by atoms with E-state index in [2.05, 4.69) is 15.4 Å². The zero-order chi connectivity index (χ0) is 16.5. The number of aromatic amines is 1. The highest BCUT2D eigenvalue weighted by Crippen LogP contribution is 2.26. The van der Waals surface area contributed by atoms with E-state index in [0.717, 1.165) is 5.56 Å². The van der Waals surface area contributed by atoms with E-state index in [-0.39, 0.29) is 5.41 Å². The molecule has 1 heterocycles. The van der Waals surface area contributed by atoms with Crippen molar-refractivity contribution in [1.29, 1.82) is 0 Å². The van der Waals surface area contributed by atoms with E-state index in [9.17, 15) is 18.0 Å². The van der Waals surface area contributed by atoms with E-state index in [0.29, 0.717) is 5.56 Å². The Balaban J connectivity index is 2.11. The molecule has 8 heteroatoms. The van der Waals surface area contributed by atoms with Gasteiger partial charge in [-0.05, 0) is 23.1 Å². The molecule has 118 valence electrons. The van der Waals surface area contributed by atoms with Gasteiger partial charge in [0, 0.05) is 5.56 Å². The summed E-state index contributed by atoms with van der Waals surface area (Å²) in [6.45, 7) is 6.11. The number of nitrogens with one attached hydrogen (secondary N) is 2. The van der Waals surface area contributed by atoms with E-state index >= 15 is 0 Å². The van der Waals surface area contributed by atoms with Crippen molar-refractivity contribution >= 4 is 11.9 Å². The third kappa shape index (κ3) is 3.63. The second-order valence-corrected chi connectivity index (χ2v) is 5.79. The number of benzene rings is 1. The molecule has 2 N–H and O–H groups in total. The fourth-order valence-corrected chi connectivity index (χ4v) is 1.74. The fourth-order valence-electron chi connectivity index (χ4n) is 1.74. The van der Waals surface area contributed by atoms with Crippen molar-refractivity contribution in [2.75, 3.05) is 5.32 Å². The maximum atomic E-state index is 12.4. The number of carbonyl (C=O) groups is 1. The van der Waals surface area contributed by atoms with Crippen molar-refractivity contribution in [3.63, 3.8) is 0 Å². The quantitative estimate of drug-likeness (QED) is 0.893. The predicted molar refractivity (Wildman–Crippen MR) is 74.5 cm³/mol. The normalized spacial score (nSPS) is 12.3. The number of nitrogens with zero attached hydrogens (tertiary/aromatic N) is 2. The molecule has 0 saturated carbocycles. The van der Waals surface area contributed by atoms with Crippen molar-refractivity contribution in [2.24, 2.45) is 0 Å². The standard InChI is InChI=1S/C14H15F3N4O/c1-13(2,3)9-6-4-8(5-7-9)10(22)18-12-19-11(20-21-12)14(15,16)17/h4-7H,1-3H3,(H2,18,19,20,21,22). The van der Waals surface area contributed by atoms with Crippen LogP contribution in [0.3, 0.4) is 0 Å². The Kier molecular flexibility index (Phi) is 3.95. The van der Waals surface area contributed by atoms with Crippen LogP contribution >= 0.6 is 0 Å². The summed E-state index contributed by atoms with van der Waals surface area (Å²) >= 11 is 0. The first kappa shape index (κ1) is 16.0. The van der Waals surface area contributed by atoms with Gasteiger partial charge in [0.2, 0.25) is 11.8 Å². The first-order chi connectivity index (χ1) is 10.1. The van der Waals surface area contributed by atoms with Crippen LogP contribution in [0.1, 0.15) is 42.5 Å². The summed E-state index contributed by atoms with van der Waals surface area (Å²) in [5.74, 6) is -2.25. The largest absolute Gasteiger partial charge is 0.451 e. The van der Waals surface area contributed by atoms with Crippen LogP contribution in [0.4, 0.5) is 19.1 Å². The molecule has 0 atom stereocenters. The average molecular weight is 312 g/mol. The third-order valence-electron chi connectivity index (χ3n) is 2.99. The number of hydrogen-bond donors (Lipinski definition) is 2. The van der Waals surface area contributed by atoms with Gasteiger partial charge in [0.1, 0.15) is 0 Å². The number of rotatable bonds is 2. The minimum absolute atomic E-state index is 0.0552.